The van der Waals surface area contributed by atoms with E-state index in [2.05, 4.69) is 10.2 Å². The van der Waals surface area contributed by atoms with Gasteiger partial charge in [0.05, 0.1) is 29.0 Å². The molecule has 2 N–H and O–H groups in total. The lowest BCUT2D eigenvalue weighted by molar-refractivity contribution is 0.102. The Morgan fingerprint density at radius 2 is 2.08 bits per heavy atom. The molecule has 0 bridgehead atoms. The molecule has 0 radical (unpaired) electrons. The fourth-order valence-corrected chi connectivity index (χ4v) is 3.75. The third kappa shape index (κ3) is 3.77. The van der Waals surface area contributed by atoms with Gasteiger partial charge in [0.15, 0.2) is 0 Å². The lowest BCUT2D eigenvalue weighted by atomic mass is 10.1. The van der Waals surface area contributed by atoms with Crippen LogP contribution >= 0.6 is 11.3 Å². The average molecular weight is 346 g/mol. The summed E-state index contributed by atoms with van der Waals surface area (Å²) in [6.07, 6.45) is 1.29. The lowest BCUT2D eigenvalue weighted by Crippen LogP contribution is -2.36. The van der Waals surface area contributed by atoms with E-state index in [4.69, 9.17) is 4.74 Å². The molecule has 1 aliphatic rings. The molecule has 0 spiro atoms. The van der Waals surface area contributed by atoms with Crippen molar-refractivity contribution in [2.45, 2.75) is 25.6 Å². The Balaban J connectivity index is 1.77. The summed E-state index contributed by atoms with van der Waals surface area (Å²) in [5.41, 5.74) is 2.71. The van der Waals surface area contributed by atoms with Gasteiger partial charge in [0.2, 0.25) is 0 Å². The van der Waals surface area contributed by atoms with E-state index in [1.165, 1.54) is 11.3 Å². The fraction of sp³-hybridized carbons (Fsp3) is 0.389. The van der Waals surface area contributed by atoms with Crippen LogP contribution in [0.5, 0.6) is 0 Å². The molecule has 2 heterocycles. The molecule has 1 aliphatic heterocycles. The zero-order valence-corrected chi connectivity index (χ0v) is 14.5. The molecule has 5 nitrogen and oxygen atoms in total. The molecule has 0 unspecified atom stereocenters. The molecule has 0 saturated carbocycles. The van der Waals surface area contributed by atoms with Gasteiger partial charge in [0, 0.05) is 25.8 Å². The Morgan fingerprint density at radius 3 is 2.83 bits per heavy atom. The summed E-state index contributed by atoms with van der Waals surface area (Å²) in [5.74, 6) is -0.110. The number of anilines is 2. The van der Waals surface area contributed by atoms with Gasteiger partial charge in [-0.25, -0.2) is 0 Å². The normalized spacial score (nSPS) is 15.5. The van der Waals surface area contributed by atoms with Crippen molar-refractivity contribution in [1.82, 2.24) is 0 Å². The predicted molar refractivity (Wildman–Crippen MR) is 96.9 cm³/mol. The van der Waals surface area contributed by atoms with Gasteiger partial charge in [-0.1, -0.05) is 12.1 Å². The smallest absolute Gasteiger partial charge is 0.266 e. The van der Waals surface area contributed by atoms with Crippen LogP contribution in [0, 0.1) is 0 Å². The number of piperidine rings is 1. The molecule has 1 aromatic heterocycles. The molecular formula is C18H22N2O3S. The summed E-state index contributed by atoms with van der Waals surface area (Å²) in [6.45, 7) is 2.02. The number of methoxy groups -OCH3 is 1. The van der Waals surface area contributed by atoms with E-state index in [9.17, 15) is 9.90 Å². The van der Waals surface area contributed by atoms with Crippen LogP contribution in [0.2, 0.25) is 0 Å². The number of amides is 1. The van der Waals surface area contributed by atoms with E-state index in [0.29, 0.717) is 11.5 Å². The van der Waals surface area contributed by atoms with Crippen LogP contribution in [-0.4, -0.2) is 37.3 Å². The molecule has 0 aliphatic carbocycles. The van der Waals surface area contributed by atoms with Crippen LogP contribution < -0.4 is 10.2 Å². The molecule has 3 rings (SSSR count). The van der Waals surface area contributed by atoms with E-state index < -0.39 is 0 Å². The fourth-order valence-electron chi connectivity index (χ4n) is 2.95. The van der Waals surface area contributed by atoms with E-state index in [1.807, 2.05) is 35.7 Å². The number of hydrogen-bond acceptors (Lipinski definition) is 5. The maximum absolute atomic E-state index is 12.6. The first-order valence-electron chi connectivity index (χ1n) is 8.07. The van der Waals surface area contributed by atoms with Gasteiger partial charge < -0.3 is 20.1 Å². The second-order valence-corrected chi connectivity index (χ2v) is 6.81. The summed E-state index contributed by atoms with van der Waals surface area (Å²) >= 11 is 1.42. The zero-order valence-electron chi connectivity index (χ0n) is 13.7. The van der Waals surface area contributed by atoms with E-state index in [0.717, 1.165) is 42.9 Å². The van der Waals surface area contributed by atoms with Crippen LogP contribution in [0.25, 0.3) is 0 Å². The molecule has 24 heavy (non-hydrogen) atoms. The minimum atomic E-state index is -0.217. The first-order chi connectivity index (χ1) is 11.7. The Morgan fingerprint density at radius 1 is 1.33 bits per heavy atom. The number of aliphatic hydroxyl groups excluding tert-OH is 1. The van der Waals surface area contributed by atoms with Crippen LogP contribution in [0.1, 0.15) is 28.1 Å². The number of carbonyl (C=O) groups is 1. The Kier molecular flexibility index (Phi) is 5.50. The lowest BCUT2D eigenvalue weighted by Gasteiger charge is -2.32. The highest BCUT2D eigenvalue weighted by Gasteiger charge is 2.21. The van der Waals surface area contributed by atoms with E-state index in [1.54, 1.807) is 7.11 Å². The van der Waals surface area contributed by atoms with E-state index >= 15 is 0 Å². The highest BCUT2D eigenvalue weighted by atomic mass is 32.1. The second-order valence-electron chi connectivity index (χ2n) is 5.90. The number of thiophene rings is 1. The van der Waals surface area contributed by atoms with Gasteiger partial charge in [0.1, 0.15) is 0 Å². The molecule has 0 atom stereocenters. The van der Waals surface area contributed by atoms with Gasteiger partial charge in [-0.3, -0.25) is 4.79 Å². The first kappa shape index (κ1) is 17.0. The maximum Gasteiger partial charge on any atom is 0.266 e. The van der Waals surface area contributed by atoms with Crippen molar-refractivity contribution in [2.24, 2.45) is 0 Å². The minimum Gasteiger partial charge on any atom is -0.393 e. The SMILES string of the molecule is COCc1ccsc1C(=O)Nc1ccccc1N1CCC(O)CC1. The maximum atomic E-state index is 12.6. The van der Waals surface area contributed by atoms with Crippen molar-refractivity contribution >= 4 is 28.6 Å². The second kappa shape index (κ2) is 7.79. The molecule has 2 aromatic rings. The summed E-state index contributed by atoms with van der Waals surface area (Å²) in [4.78, 5) is 15.5. The largest absolute Gasteiger partial charge is 0.393 e. The average Bonchev–Trinajstić information content (AvgIpc) is 3.05. The number of rotatable bonds is 5. The summed E-state index contributed by atoms with van der Waals surface area (Å²) in [7, 11) is 1.62. The van der Waals surface area contributed by atoms with Crippen molar-refractivity contribution in [2.75, 3.05) is 30.4 Å². The number of aliphatic hydroxyl groups is 1. The van der Waals surface area contributed by atoms with E-state index in [-0.39, 0.29) is 12.0 Å². The number of hydrogen-bond donors (Lipinski definition) is 2. The van der Waals surface area contributed by atoms with Crippen molar-refractivity contribution in [1.29, 1.82) is 0 Å². The molecule has 128 valence electrons. The van der Waals surface area contributed by atoms with Crippen LogP contribution in [0.15, 0.2) is 35.7 Å². The molecule has 1 fully saturated rings. The quantitative estimate of drug-likeness (QED) is 0.873. The van der Waals surface area contributed by atoms with Crippen molar-refractivity contribution in [3.05, 3.63) is 46.2 Å². The first-order valence-corrected chi connectivity index (χ1v) is 8.95. The monoisotopic (exact) mass is 346 g/mol. The third-order valence-corrected chi connectivity index (χ3v) is 5.17. The van der Waals surface area contributed by atoms with Gasteiger partial charge in [-0.15, -0.1) is 11.3 Å². The third-order valence-electron chi connectivity index (χ3n) is 4.21. The molecule has 1 saturated heterocycles. The molecular weight excluding hydrogens is 324 g/mol. The number of nitrogens with zero attached hydrogens (tertiary/aromatic N) is 1. The minimum absolute atomic E-state index is 0.110. The van der Waals surface area contributed by atoms with Crippen LogP contribution in [0.4, 0.5) is 11.4 Å². The number of nitrogens with one attached hydrogen (secondary N) is 1. The highest BCUT2D eigenvalue weighted by Crippen LogP contribution is 2.29. The molecule has 1 aromatic carbocycles. The topological polar surface area (TPSA) is 61.8 Å². The van der Waals surface area contributed by atoms with Crippen molar-refractivity contribution in [3.8, 4) is 0 Å². The number of ether oxygens (including phenoxy) is 1. The van der Waals surface area contributed by atoms with Crippen molar-refractivity contribution < 1.29 is 14.6 Å². The summed E-state index contributed by atoms with van der Waals surface area (Å²) in [6, 6.07) is 9.74. The van der Waals surface area contributed by atoms with Crippen LogP contribution in [0.3, 0.4) is 0 Å². The Bertz CT molecular complexity index is 693. The summed E-state index contributed by atoms with van der Waals surface area (Å²) < 4.78 is 5.15. The molecule has 1 amide bonds. The highest BCUT2D eigenvalue weighted by molar-refractivity contribution is 7.12. The van der Waals surface area contributed by atoms with Gasteiger partial charge in [-0.2, -0.15) is 0 Å². The van der Waals surface area contributed by atoms with Crippen LogP contribution in [-0.2, 0) is 11.3 Å². The summed E-state index contributed by atoms with van der Waals surface area (Å²) in [5, 5.41) is 14.6. The van der Waals surface area contributed by atoms with Gasteiger partial charge >= 0.3 is 0 Å². The van der Waals surface area contributed by atoms with Gasteiger partial charge in [-0.05, 0) is 36.4 Å². The zero-order chi connectivity index (χ0) is 16.9. The standard InChI is InChI=1S/C18H22N2O3S/c1-23-12-13-8-11-24-17(13)18(22)19-15-4-2-3-5-16(15)20-9-6-14(21)7-10-20/h2-5,8,11,14,21H,6-7,9-10,12H2,1H3,(H,19,22). The Labute approximate surface area is 145 Å². The Hall–Kier alpha value is -1.89. The number of carbonyl (C=O) groups excluding carboxylic acids is 1. The number of benzene rings is 1. The number of para-hydroxylation sites is 2. The van der Waals surface area contributed by atoms with Gasteiger partial charge in [0.25, 0.3) is 5.91 Å². The predicted octanol–water partition coefficient (Wildman–Crippen LogP) is 3.11. The van der Waals surface area contributed by atoms with Crippen molar-refractivity contribution in [3.63, 3.8) is 0 Å². The molecule has 6 heteroatoms.